The molecule has 25 heavy (non-hydrogen) atoms. The summed E-state index contributed by atoms with van der Waals surface area (Å²) in [5, 5.41) is 0. The number of ketones is 2. The van der Waals surface area contributed by atoms with Gasteiger partial charge in [0, 0.05) is 0 Å². The summed E-state index contributed by atoms with van der Waals surface area (Å²) in [5.74, 6) is 0.321. The van der Waals surface area contributed by atoms with Crippen molar-refractivity contribution in [3.63, 3.8) is 0 Å². The number of hydrogen-bond acceptors (Lipinski definition) is 2. The van der Waals surface area contributed by atoms with E-state index < -0.39 is 10.3 Å². The fourth-order valence-corrected chi connectivity index (χ4v) is 12.8. The average Bonchev–Trinajstić information content (AvgIpc) is 2.60. The van der Waals surface area contributed by atoms with E-state index in [0.29, 0.717) is 0 Å². The Balaban J connectivity index is 2.22. The van der Waals surface area contributed by atoms with Gasteiger partial charge in [0.05, 0.1) is 0 Å². The van der Waals surface area contributed by atoms with Gasteiger partial charge in [0.15, 0.2) is 0 Å². The minimum atomic E-state index is -2.81. The number of benzene rings is 2. The topological polar surface area (TPSA) is 34.1 Å². The first-order valence-corrected chi connectivity index (χ1v) is 24.3. The first-order valence-electron chi connectivity index (χ1n) is 8.06. The molecule has 2 atom stereocenters. The van der Waals surface area contributed by atoms with Crippen LogP contribution in [0.15, 0.2) is 48.5 Å². The fraction of sp³-hybridized carbons (Fsp3) is 0.300. The minimum absolute atomic E-state index is 0.0870. The Bertz CT molecular complexity index is 702. The van der Waals surface area contributed by atoms with E-state index in [9.17, 15) is 9.59 Å². The van der Waals surface area contributed by atoms with Crippen molar-refractivity contribution in [2.45, 2.75) is 35.6 Å². The molecule has 0 fully saturated rings. The third kappa shape index (κ3) is 5.06. The molecule has 0 bridgehead atoms. The summed E-state index contributed by atoms with van der Waals surface area (Å²) in [6.07, 6.45) is 0. The number of halogens is 2. The Labute approximate surface area is 173 Å². The normalized spacial score (nSPS) is 14.6. The van der Waals surface area contributed by atoms with E-state index in [4.69, 9.17) is 0 Å². The van der Waals surface area contributed by atoms with Crippen LogP contribution in [0.2, 0.25) is 7.93 Å². The molecule has 0 saturated heterocycles. The Morgan fingerprint density at radius 3 is 1.28 bits per heavy atom. The number of carbonyl (C=O) groups is 2. The molecule has 134 valence electrons. The van der Waals surface area contributed by atoms with E-state index in [1.54, 1.807) is 0 Å². The zero-order valence-electron chi connectivity index (χ0n) is 14.8. The molecule has 0 aliphatic carbocycles. The number of aryl methyl sites for hydroxylation is 2. The van der Waals surface area contributed by atoms with Crippen LogP contribution in [-0.4, -0.2) is 21.9 Å². The molecule has 0 spiro atoms. The van der Waals surface area contributed by atoms with Crippen LogP contribution in [-0.2, 0) is 0 Å². The molecule has 2 aromatic carbocycles. The summed E-state index contributed by atoms with van der Waals surface area (Å²) in [5.41, 5.74) is 3.78. The van der Waals surface area contributed by atoms with E-state index in [1.165, 1.54) is 0 Å². The van der Waals surface area contributed by atoms with Gasteiger partial charge in [-0.25, -0.2) is 0 Å². The van der Waals surface area contributed by atoms with Gasteiger partial charge in [-0.2, -0.15) is 0 Å². The van der Waals surface area contributed by atoms with Gasteiger partial charge in [0.1, 0.15) is 0 Å². The molecule has 2 rings (SSSR count). The molecular formula is C20H22I2O2Te. The molecule has 0 saturated carbocycles. The van der Waals surface area contributed by atoms with Gasteiger partial charge >= 0.3 is 175 Å². The standard InChI is InChI=1S/C20H22I2O2Te/c1-13-5-9-17(10-6-13)19(23)15(3)25(21,22)16(4)20(24)18-11-7-14(2)8-12-18/h5-12,15-16H,1-4H3. The molecule has 2 nitrogen and oxygen atoms in total. The molecule has 0 aromatic heterocycles. The average molecular weight is 676 g/mol. The van der Waals surface area contributed by atoms with Crippen molar-refractivity contribution in [1.29, 1.82) is 0 Å². The number of rotatable bonds is 6. The summed E-state index contributed by atoms with van der Waals surface area (Å²) in [7, 11) is -2.81. The Kier molecular flexibility index (Phi) is 7.52. The first kappa shape index (κ1) is 21.3. The van der Waals surface area contributed by atoms with Crippen molar-refractivity contribution in [3.05, 3.63) is 70.8 Å². The van der Waals surface area contributed by atoms with Crippen molar-refractivity contribution in [3.8, 4) is 0 Å². The van der Waals surface area contributed by atoms with Crippen LogP contribution in [0.25, 0.3) is 0 Å². The summed E-state index contributed by atoms with van der Waals surface area (Å²) < 4.78 is -0.174. The van der Waals surface area contributed by atoms with E-state index in [2.05, 4.69) is 37.4 Å². The van der Waals surface area contributed by atoms with Gasteiger partial charge in [-0.05, 0) is 0 Å². The van der Waals surface area contributed by atoms with Crippen LogP contribution in [0.4, 0.5) is 0 Å². The quantitative estimate of drug-likeness (QED) is 0.200. The second-order valence-corrected chi connectivity index (χ2v) is 44.3. The molecule has 2 unspecified atom stereocenters. The first-order chi connectivity index (χ1) is 11.6. The molecule has 0 heterocycles. The summed E-state index contributed by atoms with van der Waals surface area (Å²) in [6.45, 7) is 8.03. The van der Waals surface area contributed by atoms with Gasteiger partial charge in [-0.15, -0.1) is 0 Å². The van der Waals surface area contributed by atoms with E-state index in [-0.39, 0.29) is 19.5 Å². The van der Waals surface area contributed by atoms with Crippen molar-refractivity contribution < 1.29 is 9.59 Å². The van der Waals surface area contributed by atoms with Crippen LogP contribution in [0.3, 0.4) is 0 Å². The van der Waals surface area contributed by atoms with E-state index in [0.717, 1.165) is 22.3 Å². The number of hydrogen-bond donors (Lipinski definition) is 0. The molecule has 2 aromatic rings. The Morgan fingerprint density at radius 1 is 0.720 bits per heavy atom. The summed E-state index contributed by atoms with van der Waals surface area (Å²) in [6, 6.07) is 15.5. The second-order valence-electron chi connectivity index (χ2n) is 6.30. The van der Waals surface area contributed by atoms with Gasteiger partial charge in [-0.3, -0.25) is 0 Å². The van der Waals surface area contributed by atoms with Crippen molar-refractivity contribution in [2.75, 3.05) is 0 Å². The molecule has 0 aliphatic rings. The van der Waals surface area contributed by atoms with Gasteiger partial charge in [0.25, 0.3) is 0 Å². The molecule has 0 aliphatic heterocycles. The van der Waals surface area contributed by atoms with Crippen molar-refractivity contribution in [2.24, 2.45) is 0 Å². The SMILES string of the molecule is Cc1ccc(C(=O)C(C)[Te](I)(I)C(C)C(=O)c2ccc(C)cc2)cc1. The van der Waals surface area contributed by atoms with Crippen LogP contribution in [0.1, 0.15) is 45.7 Å². The van der Waals surface area contributed by atoms with E-state index in [1.807, 2.05) is 76.2 Å². The second kappa shape index (κ2) is 8.81. The van der Waals surface area contributed by atoms with Crippen LogP contribution in [0, 0.1) is 13.8 Å². The monoisotopic (exact) mass is 678 g/mol. The fourth-order valence-electron chi connectivity index (χ4n) is 2.50. The molecule has 0 N–H and O–H groups in total. The predicted octanol–water partition coefficient (Wildman–Crippen LogP) is 6.46. The van der Waals surface area contributed by atoms with Crippen LogP contribution >= 0.6 is 37.4 Å². The molecule has 0 amide bonds. The number of Topliss-reactive ketones (excluding diaryl/α,β-unsaturated/α-hetero) is 2. The zero-order chi connectivity index (χ0) is 18.8. The summed E-state index contributed by atoms with van der Waals surface area (Å²) >= 11 is 4.92. The van der Waals surface area contributed by atoms with Gasteiger partial charge in [0.2, 0.25) is 0 Å². The zero-order valence-corrected chi connectivity index (χ0v) is 21.4. The Morgan fingerprint density at radius 2 is 1.00 bits per heavy atom. The summed E-state index contributed by atoms with van der Waals surface area (Å²) in [4.78, 5) is 25.9. The molecular weight excluding hydrogens is 654 g/mol. The van der Waals surface area contributed by atoms with Gasteiger partial charge < -0.3 is 0 Å². The number of carbonyl (C=O) groups excluding carboxylic acids is 2. The maximum absolute atomic E-state index is 12.9. The third-order valence-electron chi connectivity index (χ3n) is 4.35. The van der Waals surface area contributed by atoms with E-state index >= 15 is 0 Å². The Hall–Kier alpha value is 0.0296. The van der Waals surface area contributed by atoms with Crippen molar-refractivity contribution in [1.82, 2.24) is 0 Å². The van der Waals surface area contributed by atoms with Crippen LogP contribution in [0.5, 0.6) is 0 Å². The van der Waals surface area contributed by atoms with Crippen LogP contribution < -0.4 is 0 Å². The van der Waals surface area contributed by atoms with Crippen molar-refractivity contribution >= 4 is 59.2 Å². The maximum atomic E-state index is 12.9. The molecule has 5 heteroatoms. The predicted molar refractivity (Wildman–Crippen MR) is 124 cm³/mol. The molecule has 0 radical (unpaired) electrons. The third-order valence-corrected chi connectivity index (χ3v) is 31.4. The van der Waals surface area contributed by atoms with Gasteiger partial charge in [-0.1, -0.05) is 0 Å².